The molecule has 104 valence electrons. The fourth-order valence-corrected chi connectivity index (χ4v) is 2.09. The van der Waals surface area contributed by atoms with E-state index in [-0.39, 0.29) is 0 Å². The predicted molar refractivity (Wildman–Crippen MR) is 71.9 cm³/mol. The molecule has 1 aromatic rings. The summed E-state index contributed by atoms with van der Waals surface area (Å²) in [5.74, 6) is 0. The molecule has 0 saturated carbocycles. The number of nitrogens with zero attached hydrogens (tertiary/aromatic N) is 2. The van der Waals surface area contributed by atoms with E-state index in [0.29, 0.717) is 25.9 Å². The second kappa shape index (κ2) is 7.51. The van der Waals surface area contributed by atoms with E-state index in [0.717, 1.165) is 12.2 Å². The Morgan fingerprint density at radius 3 is 2.61 bits per heavy atom. The van der Waals surface area contributed by atoms with E-state index < -0.39 is 0 Å². The molecule has 1 unspecified atom stereocenters. The first-order chi connectivity index (χ1) is 8.61. The van der Waals surface area contributed by atoms with E-state index in [1.165, 1.54) is 11.3 Å². The zero-order valence-corrected chi connectivity index (χ0v) is 12.1. The van der Waals surface area contributed by atoms with Gasteiger partial charge in [-0.3, -0.25) is 4.68 Å². The van der Waals surface area contributed by atoms with Crippen LogP contribution < -0.4 is 5.32 Å². The Balaban J connectivity index is 2.57. The molecule has 0 radical (unpaired) electrons. The molecular weight excluding hydrogens is 230 g/mol. The third-order valence-electron chi connectivity index (χ3n) is 3.18. The van der Waals surface area contributed by atoms with Gasteiger partial charge in [-0.15, -0.1) is 0 Å². The summed E-state index contributed by atoms with van der Waals surface area (Å²) >= 11 is 0. The lowest BCUT2D eigenvalue weighted by Crippen LogP contribution is -2.15. The van der Waals surface area contributed by atoms with E-state index in [9.17, 15) is 0 Å². The summed E-state index contributed by atoms with van der Waals surface area (Å²) in [6.45, 7) is 9.04. The second-order valence-corrected chi connectivity index (χ2v) is 4.42. The summed E-state index contributed by atoms with van der Waals surface area (Å²) in [6.07, 6.45) is 0. The molecule has 0 spiro atoms. The monoisotopic (exact) mass is 255 g/mol. The summed E-state index contributed by atoms with van der Waals surface area (Å²) in [6, 6.07) is 0.327. The summed E-state index contributed by atoms with van der Waals surface area (Å²) < 4.78 is 12.4. The van der Waals surface area contributed by atoms with Crippen LogP contribution in [0.3, 0.4) is 0 Å². The smallest absolute Gasteiger partial charge is 0.0701 e. The van der Waals surface area contributed by atoms with E-state index in [2.05, 4.69) is 31.2 Å². The van der Waals surface area contributed by atoms with Gasteiger partial charge in [0.25, 0.3) is 0 Å². The zero-order chi connectivity index (χ0) is 13.5. The molecule has 5 nitrogen and oxygen atoms in total. The van der Waals surface area contributed by atoms with Gasteiger partial charge in [0.05, 0.1) is 32.1 Å². The van der Waals surface area contributed by atoms with Gasteiger partial charge in [-0.2, -0.15) is 5.10 Å². The minimum absolute atomic E-state index is 0.327. The number of hydrogen-bond acceptors (Lipinski definition) is 4. The Morgan fingerprint density at radius 1 is 1.28 bits per heavy atom. The molecule has 0 saturated heterocycles. The van der Waals surface area contributed by atoms with Gasteiger partial charge < -0.3 is 14.8 Å². The van der Waals surface area contributed by atoms with Gasteiger partial charge in [0.2, 0.25) is 0 Å². The maximum absolute atomic E-state index is 5.47. The maximum atomic E-state index is 5.47. The van der Waals surface area contributed by atoms with Crippen LogP contribution in [0.25, 0.3) is 0 Å². The van der Waals surface area contributed by atoms with Crippen LogP contribution in [0.15, 0.2) is 0 Å². The first kappa shape index (κ1) is 15.1. The third-order valence-corrected chi connectivity index (χ3v) is 3.18. The molecule has 1 atom stereocenters. The molecule has 1 aromatic heterocycles. The van der Waals surface area contributed by atoms with Crippen LogP contribution in [0.4, 0.5) is 0 Å². The third kappa shape index (κ3) is 3.80. The molecule has 1 heterocycles. The normalized spacial score (nSPS) is 12.9. The van der Waals surface area contributed by atoms with Gasteiger partial charge in [0.1, 0.15) is 0 Å². The van der Waals surface area contributed by atoms with Crippen molar-refractivity contribution in [2.24, 2.45) is 0 Å². The SMILES string of the molecule is CNC(C)c1c(C)nn(CCOCCOC)c1C. The van der Waals surface area contributed by atoms with Gasteiger partial charge >= 0.3 is 0 Å². The van der Waals surface area contributed by atoms with Crippen LogP contribution in [0, 0.1) is 13.8 Å². The van der Waals surface area contributed by atoms with Crippen molar-refractivity contribution >= 4 is 0 Å². The van der Waals surface area contributed by atoms with Crippen LogP contribution in [0.1, 0.15) is 29.9 Å². The molecule has 5 heteroatoms. The number of nitrogens with one attached hydrogen (secondary N) is 1. The van der Waals surface area contributed by atoms with Gasteiger partial charge in [0.15, 0.2) is 0 Å². The molecule has 0 aliphatic heterocycles. The highest BCUT2D eigenvalue weighted by molar-refractivity contribution is 5.27. The summed E-state index contributed by atoms with van der Waals surface area (Å²) in [5.41, 5.74) is 3.59. The predicted octanol–water partition coefficient (Wildman–Crippen LogP) is 1.44. The number of aryl methyl sites for hydroxylation is 1. The van der Waals surface area contributed by atoms with Crippen molar-refractivity contribution in [1.29, 1.82) is 0 Å². The Bertz CT molecular complexity index is 363. The van der Waals surface area contributed by atoms with Crippen LogP contribution in [-0.2, 0) is 16.0 Å². The first-order valence-corrected chi connectivity index (χ1v) is 6.39. The van der Waals surface area contributed by atoms with Crippen molar-refractivity contribution in [1.82, 2.24) is 15.1 Å². The average molecular weight is 255 g/mol. The summed E-state index contributed by atoms with van der Waals surface area (Å²) in [7, 11) is 3.64. The van der Waals surface area contributed by atoms with Crippen molar-refractivity contribution in [3.05, 3.63) is 17.0 Å². The van der Waals surface area contributed by atoms with E-state index in [4.69, 9.17) is 9.47 Å². The highest BCUT2D eigenvalue weighted by Gasteiger charge is 2.15. The highest BCUT2D eigenvalue weighted by atomic mass is 16.5. The van der Waals surface area contributed by atoms with Crippen molar-refractivity contribution < 1.29 is 9.47 Å². The van der Waals surface area contributed by atoms with E-state index in [1.54, 1.807) is 7.11 Å². The number of methoxy groups -OCH3 is 1. The molecule has 0 fully saturated rings. The van der Waals surface area contributed by atoms with Crippen LogP contribution in [0.5, 0.6) is 0 Å². The van der Waals surface area contributed by atoms with E-state index in [1.807, 2.05) is 11.7 Å². The molecule has 0 aliphatic carbocycles. The Morgan fingerprint density at radius 2 is 2.00 bits per heavy atom. The molecule has 0 bridgehead atoms. The largest absolute Gasteiger partial charge is 0.382 e. The fourth-order valence-electron chi connectivity index (χ4n) is 2.09. The topological polar surface area (TPSA) is 48.3 Å². The summed E-state index contributed by atoms with van der Waals surface area (Å²) in [5, 5.41) is 7.82. The minimum atomic E-state index is 0.327. The minimum Gasteiger partial charge on any atom is -0.382 e. The number of aromatic nitrogens is 2. The Labute approximate surface area is 109 Å². The van der Waals surface area contributed by atoms with E-state index >= 15 is 0 Å². The molecular formula is C13H25N3O2. The Kier molecular flexibility index (Phi) is 6.32. The standard InChI is InChI=1S/C13H25N3O2/c1-10(14-4)13-11(2)15-16(12(13)3)6-7-18-9-8-17-5/h10,14H,6-9H2,1-5H3. The lowest BCUT2D eigenvalue weighted by atomic mass is 10.1. The van der Waals surface area contributed by atoms with Crippen molar-refractivity contribution in [2.45, 2.75) is 33.4 Å². The van der Waals surface area contributed by atoms with Crippen LogP contribution in [-0.4, -0.2) is 43.8 Å². The second-order valence-electron chi connectivity index (χ2n) is 4.42. The van der Waals surface area contributed by atoms with Gasteiger partial charge in [-0.05, 0) is 27.8 Å². The number of rotatable bonds is 8. The Hall–Kier alpha value is -0.910. The van der Waals surface area contributed by atoms with Crippen molar-refractivity contribution in [3.63, 3.8) is 0 Å². The lowest BCUT2D eigenvalue weighted by molar-refractivity contribution is 0.0651. The number of ether oxygens (including phenoxy) is 2. The number of hydrogen-bond donors (Lipinski definition) is 1. The fraction of sp³-hybridized carbons (Fsp3) is 0.769. The van der Waals surface area contributed by atoms with Crippen molar-refractivity contribution in [2.75, 3.05) is 34.0 Å². The van der Waals surface area contributed by atoms with Crippen LogP contribution >= 0.6 is 0 Å². The van der Waals surface area contributed by atoms with Gasteiger partial charge in [-0.1, -0.05) is 0 Å². The van der Waals surface area contributed by atoms with Crippen molar-refractivity contribution in [3.8, 4) is 0 Å². The zero-order valence-electron chi connectivity index (χ0n) is 12.1. The molecule has 1 N–H and O–H groups in total. The molecule has 18 heavy (non-hydrogen) atoms. The average Bonchev–Trinajstić information content (AvgIpc) is 2.63. The van der Waals surface area contributed by atoms with Gasteiger partial charge in [-0.25, -0.2) is 0 Å². The molecule has 0 aromatic carbocycles. The first-order valence-electron chi connectivity index (χ1n) is 6.39. The molecule has 0 amide bonds. The maximum Gasteiger partial charge on any atom is 0.0701 e. The quantitative estimate of drug-likeness (QED) is 0.714. The lowest BCUT2D eigenvalue weighted by Gasteiger charge is -2.11. The molecule has 0 aliphatic rings. The van der Waals surface area contributed by atoms with Gasteiger partial charge in [0, 0.05) is 24.4 Å². The molecule has 1 rings (SSSR count). The van der Waals surface area contributed by atoms with Crippen LogP contribution in [0.2, 0.25) is 0 Å². The summed E-state index contributed by atoms with van der Waals surface area (Å²) in [4.78, 5) is 0. The highest BCUT2D eigenvalue weighted by Crippen LogP contribution is 2.20.